The third-order valence-electron chi connectivity index (χ3n) is 13.5. The van der Waals surface area contributed by atoms with E-state index in [4.69, 9.17) is 0 Å². The van der Waals surface area contributed by atoms with Crippen molar-refractivity contribution in [2.75, 3.05) is 0 Å². The number of aliphatic hydroxyl groups excluding tert-OH is 1. The predicted octanol–water partition coefficient (Wildman–Crippen LogP) is 5.89. The van der Waals surface area contributed by atoms with Crippen LogP contribution < -0.4 is 0 Å². The molecular formula is C31H48O4. The van der Waals surface area contributed by atoms with Gasteiger partial charge in [0.25, 0.3) is 0 Å². The summed E-state index contributed by atoms with van der Waals surface area (Å²) >= 11 is 0. The molecule has 35 heavy (non-hydrogen) atoms. The molecule has 0 radical (unpaired) electrons. The fourth-order valence-corrected chi connectivity index (χ4v) is 11.0. The molecule has 4 fully saturated rings. The fourth-order valence-electron chi connectivity index (χ4n) is 11.0. The summed E-state index contributed by atoms with van der Waals surface area (Å²) in [6, 6.07) is 0. The smallest absolute Gasteiger partial charge is 0.162 e. The quantitative estimate of drug-likeness (QED) is 0.455. The molecule has 0 aliphatic heterocycles. The van der Waals surface area contributed by atoms with Gasteiger partial charge in [0.2, 0.25) is 0 Å². The number of allylic oxidation sites excluding steroid dienone is 1. The van der Waals surface area contributed by atoms with E-state index in [-0.39, 0.29) is 39.6 Å². The first kappa shape index (κ1) is 25.6. The highest BCUT2D eigenvalue weighted by atomic mass is 16.3. The van der Waals surface area contributed by atoms with Gasteiger partial charge in [-0.3, -0.25) is 9.59 Å². The topological polar surface area (TPSA) is 74.6 Å². The van der Waals surface area contributed by atoms with Crippen LogP contribution in [0, 0.1) is 50.7 Å². The van der Waals surface area contributed by atoms with Crippen LogP contribution in [0.25, 0.3) is 0 Å². The molecule has 196 valence electrons. The second kappa shape index (κ2) is 7.31. The van der Waals surface area contributed by atoms with E-state index < -0.39 is 22.5 Å². The number of aliphatic hydroxyl groups is 2. The second-order valence-corrected chi connectivity index (χ2v) is 15.0. The summed E-state index contributed by atoms with van der Waals surface area (Å²) in [6.45, 7) is 17.3. The van der Waals surface area contributed by atoms with Crippen LogP contribution in [-0.4, -0.2) is 33.5 Å². The molecule has 0 saturated heterocycles. The Morgan fingerprint density at radius 2 is 1.63 bits per heavy atom. The molecule has 0 unspecified atom stereocenters. The molecule has 5 aliphatic rings. The van der Waals surface area contributed by atoms with Gasteiger partial charge in [0, 0.05) is 23.2 Å². The van der Waals surface area contributed by atoms with Gasteiger partial charge in [-0.05, 0) is 92.8 Å². The van der Waals surface area contributed by atoms with Crippen LogP contribution in [0.4, 0.5) is 0 Å². The number of rotatable bonds is 1. The number of hydrogen-bond acceptors (Lipinski definition) is 4. The van der Waals surface area contributed by atoms with E-state index in [1.54, 1.807) is 6.92 Å². The molecule has 4 nitrogen and oxygen atoms in total. The lowest BCUT2D eigenvalue weighted by atomic mass is 9.33. The van der Waals surface area contributed by atoms with Crippen molar-refractivity contribution in [1.29, 1.82) is 0 Å². The van der Waals surface area contributed by atoms with Gasteiger partial charge in [-0.25, -0.2) is 0 Å². The van der Waals surface area contributed by atoms with Gasteiger partial charge < -0.3 is 10.2 Å². The van der Waals surface area contributed by atoms with E-state index in [0.717, 1.165) is 44.9 Å². The Morgan fingerprint density at radius 3 is 2.26 bits per heavy atom. The SMILES string of the molecule is CC(=O)[C@]12CC[C@@H](C)[C@@](C)(O)[C@H]1C1=CC[C@@H]3[C@@]4(C)CC(=O)[C@H](O)C(C)(C)[C@@H]4CC[C@@]3(C)[C@]1(C)CC2. The van der Waals surface area contributed by atoms with Gasteiger partial charge in [-0.1, -0.05) is 53.2 Å². The number of Topliss-reactive ketones (excluding diaryl/α,β-unsaturated/α-hetero) is 2. The lowest BCUT2D eigenvalue weighted by Crippen LogP contribution is -2.68. The van der Waals surface area contributed by atoms with Crippen molar-refractivity contribution in [3.8, 4) is 0 Å². The molecule has 4 saturated carbocycles. The number of fused-ring (bicyclic) bond motifs is 7. The summed E-state index contributed by atoms with van der Waals surface area (Å²) in [5.41, 5.74) is -0.742. The van der Waals surface area contributed by atoms with Gasteiger partial charge in [0.15, 0.2) is 5.78 Å². The minimum absolute atomic E-state index is 0.00112. The monoisotopic (exact) mass is 484 g/mol. The molecule has 0 heterocycles. The summed E-state index contributed by atoms with van der Waals surface area (Å²) < 4.78 is 0. The van der Waals surface area contributed by atoms with Crippen molar-refractivity contribution < 1.29 is 19.8 Å². The first-order valence-electron chi connectivity index (χ1n) is 14.1. The van der Waals surface area contributed by atoms with Crippen molar-refractivity contribution in [1.82, 2.24) is 0 Å². The number of carbonyl (C=O) groups excluding carboxylic acids is 2. The summed E-state index contributed by atoms with van der Waals surface area (Å²) in [4.78, 5) is 26.4. The molecule has 10 atom stereocenters. The lowest BCUT2D eigenvalue weighted by molar-refractivity contribution is -0.211. The summed E-state index contributed by atoms with van der Waals surface area (Å²) in [6.07, 6.45) is 8.54. The largest absolute Gasteiger partial charge is 0.389 e. The van der Waals surface area contributed by atoms with E-state index in [1.807, 2.05) is 6.92 Å². The minimum Gasteiger partial charge on any atom is -0.389 e. The molecule has 2 N–H and O–H groups in total. The third-order valence-corrected chi connectivity index (χ3v) is 13.5. The van der Waals surface area contributed by atoms with Crippen molar-refractivity contribution in [2.24, 2.45) is 50.7 Å². The Bertz CT molecular complexity index is 992. The molecule has 0 aromatic rings. The highest BCUT2D eigenvalue weighted by molar-refractivity contribution is 5.86. The van der Waals surface area contributed by atoms with E-state index in [2.05, 4.69) is 47.6 Å². The summed E-state index contributed by atoms with van der Waals surface area (Å²) in [5, 5.41) is 22.8. The van der Waals surface area contributed by atoms with Crippen LogP contribution in [0.2, 0.25) is 0 Å². The molecule has 0 spiro atoms. The van der Waals surface area contributed by atoms with Crippen LogP contribution in [0.3, 0.4) is 0 Å². The average Bonchev–Trinajstić information content (AvgIpc) is 2.75. The Morgan fingerprint density at radius 1 is 0.971 bits per heavy atom. The Hall–Kier alpha value is -1.00. The zero-order valence-corrected chi connectivity index (χ0v) is 23.3. The molecule has 0 bridgehead atoms. The Labute approximate surface area is 212 Å². The Balaban J connectivity index is 1.65. The maximum Gasteiger partial charge on any atom is 0.162 e. The number of carbonyl (C=O) groups is 2. The van der Waals surface area contributed by atoms with Crippen molar-refractivity contribution in [3.63, 3.8) is 0 Å². The summed E-state index contributed by atoms with van der Waals surface area (Å²) in [5.74, 6) is 0.909. The molecule has 4 heteroatoms. The van der Waals surface area contributed by atoms with E-state index in [0.29, 0.717) is 18.3 Å². The van der Waals surface area contributed by atoms with Crippen molar-refractivity contribution >= 4 is 11.6 Å². The first-order valence-corrected chi connectivity index (χ1v) is 14.1. The first-order chi connectivity index (χ1) is 16.0. The van der Waals surface area contributed by atoms with Gasteiger partial charge >= 0.3 is 0 Å². The van der Waals surface area contributed by atoms with E-state index >= 15 is 0 Å². The van der Waals surface area contributed by atoms with Gasteiger partial charge in [-0.2, -0.15) is 0 Å². The van der Waals surface area contributed by atoms with E-state index in [1.165, 1.54) is 5.57 Å². The van der Waals surface area contributed by atoms with Crippen LogP contribution in [0.15, 0.2) is 11.6 Å². The molecule has 0 aromatic heterocycles. The van der Waals surface area contributed by atoms with Crippen molar-refractivity contribution in [2.45, 2.75) is 118 Å². The fraction of sp³-hybridized carbons (Fsp3) is 0.871. The maximum atomic E-state index is 13.3. The second-order valence-electron chi connectivity index (χ2n) is 15.0. The maximum absolute atomic E-state index is 13.3. The van der Waals surface area contributed by atoms with Gasteiger partial charge in [0.05, 0.1) is 5.60 Å². The third kappa shape index (κ3) is 2.88. The highest BCUT2D eigenvalue weighted by Crippen LogP contribution is 2.75. The molecular weight excluding hydrogens is 436 g/mol. The molecule has 5 aliphatic carbocycles. The van der Waals surface area contributed by atoms with Crippen molar-refractivity contribution in [3.05, 3.63) is 11.6 Å². The predicted molar refractivity (Wildman–Crippen MR) is 138 cm³/mol. The Kier molecular flexibility index (Phi) is 5.35. The lowest BCUT2D eigenvalue weighted by Gasteiger charge is -2.71. The van der Waals surface area contributed by atoms with E-state index in [9.17, 15) is 19.8 Å². The zero-order chi connectivity index (χ0) is 26.0. The number of hydrogen-bond donors (Lipinski definition) is 2. The van der Waals surface area contributed by atoms with Crippen LogP contribution in [0.5, 0.6) is 0 Å². The normalized spacial score (nSPS) is 55.1. The zero-order valence-electron chi connectivity index (χ0n) is 23.3. The van der Waals surface area contributed by atoms with Crippen LogP contribution >= 0.6 is 0 Å². The molecule has 0 aromatic carbocycles. The average molecular weight is 485 g/mol. The molecule has 0 amide bonds. The van der Waals surface area contributed by atoms with Gasteiger partial charge in [-0.15, -0.1) is 0 Å². The number of ketones is 2. The van der Waals surface area contributed by atoms with Gasteiger partial charge in [0.1, 0.15) is 11.9 Å². The molecule has 5 rings (SSSR count). The van der Waals surface area contributed by atoms with Crippen LogP contribution in [-0.2, 0) is 9.59 Å². The summed E-state index contributed by atoms with van der Waals surface area (Å²) in [7, 11) is 0. The van der Waals surface area contributed by atoms with Crippen LogP contribution in [0.1, 0.15) is 107 Å². The minimum atomic E-state index is -0.908. The highest BCUT2D eigenvalue weighted by Gasteiger charge is 2.71. The standard InChI is InChI=1S/C31H48O4/c1-18-11-14-31(19(2)32)16-15-28(6)20(24(31)30(18,8)35)9-10-23-27(5)17-21(33)25(34)26(3,4)22(27)12-13-29(23,28)7/h9,18,22-25,34-35H,10-17H2,1-8H3/t18-,22+,23-,24-,25+,27+,28-,29-,30-,31-/m1/s1.